The average molecular weight is 999 g/mol. The fraction of sp³-hybridized carbons (Fsp3) is 0.176. The first kappa shape index (κ1) is 55.2. The molecule has 322 valence electrons. The van der Waals surface area contributed by atoms with Crippen molar-refractivity contribution in [1.29, 1.82) is 0 Å². The van der Waals surface area contributed by atoms with Gasteiger partial charge in [-0.25, -0.2) is 0 Å². The molecule has 0 amide bonds. The van der Waals surface area contributed by atoms with E-state index in [4.69, 9.17) is 18.9 Å². The van der Waals surface area contributed by atoms with Crippen LogP contribution in [0.2, 0.25) is 0 Å². The van der Waals surface area contributed by atoms with Crippen LogP contribution in [-0.4, -0.2) is 13.6 Å². The van der Waals surface area contributed by atoms with Crippen molar-refractivity contribution in [1.82, 2.24) is 0 Å². The summed E-state index contributed by atoms with van der Waals surface area (Å²) < 4.78 is 24.7. The second-order valence-electron chi connectivity index (χ2n) is 13.5. The van der Waals surface area contributed by atoms with Crippen LogP contribution in [0.25, 0.3) is 11.1 Å². The van der Waals surface area contributed by atoms with Gasteiger partial charge in [-0.1, -0.05) is 187 Å². The van der Waals surface area contributed by atoms with E-state index in [0.717, 1.165) is 34.1 Å². The van der Waals surface area contributed by atoms with Gasteiger partial charge in [0.15, 0.2) is 23.0 Å². The van der Waals surface area contributed by atoms with E-state index in [-0.39, 0.29) is 93.7 Å². The monoisotopic (exact) mass is 998 g/mol. The summed E-state index contributed by atoms with van der Waals surface area (Å²) in [6.45, 7) is 6.89. The Morgan fingerprint density at radius 1 is 0.426 bits per heavy atom. The number of hydrogen-bond donors (Lipinski definition) is 0. The van der Waals surface area contributed by atoms with Crippen LogP contribution in [0.1, 0.15) is 53.2 Å². The first-order valence-electron chi connectivity index (χ1n) is 18.3. The van der Waals surface area contributed by atoms with Crippen LogP contribution in [-0.2, 0) is 19.5 Å². The minimum atomic E-state index is -0.968. The third-order valence-electron chi connectivity index (χ3n) is 9.57. The first-order chi connectivity index (χ1) is 26.6. The number of aryl methyl sites for hydroxylation is 1. The molecule has 2 heterocycles. The Bertz CT molecular complexity index is 2120. The van der Waals surface area contributed by atoms with Crippen LogP contribution < -0.4 is 75.6 Å². The van der Waals surface area contributed by atoms with Gasteiger partial charge >= 0.3 is 19.5 Å². The Balaban J connectivity index is 0.000000975. The summed E-state index contributed by atoms with van der Waals surface area (Å²) in [6.07, 6.45) is 0. The van der Waals surface area contributed by atoms with E-state index in [1.54, 1.807) is 0 Å². The summed E-state index contributed by atoms with van der Waals surface area (Å²) in [5.41, 5.74) is 4.78. The van der Waals surface area contributed by atoms with Crippen LogP contribution in [0.15, 0.2) is 170 Å². The van der Waals surface area contributed by atoms with Gasteiger partial charge in [0.25, 0.3) is 0 Å². The average Bonchev–Trinajstić information content (AvgIpc) is 3.91. The minimum Gasteiger partial charge on any atom is -1.00 e. The van der Waals surface area contributed by atoms with Gasteiger partial charge in [0.2, 0.25) is 13.6 Å². The van der Waals surface area contributed by atoms with Gasteiger partial charge in [-0.3, -0.25) is 0 Å². The molecule has 0 saturated heterocycles. The Kier molecular flexibility index (Phi) is 23.5. The minimum absolute atomic E-state index is 0. The van der Waals surface area contributed by atoms with Crippen molar-refractivity contribution in [2.24, 2.45) is 0 Å². The molecule has 0 fully saturated rings. The van der Waals surface area contributed by atoms with Crippen molar-refractivity contribution in [3.8, 4) is 34.1 Å². The SMILES string of the molecule is C.C.C.Cc1ccc(C(C)C)cc1.S.[Cl-].[Cl-].[Ru+2].c1ccc(P(c2ccccc2)c2ccc3c(c2-c2c(P(c4ccccc4)c4ccccc4)ccc4c2OCO4)OCO3)cc1. The summed E-state index contributed by atoms with van der Waals surface area (Å²) in [5, 5.41) is 7.40. The van der Waals surface area contributed by atoms with Crippen molar-refractivity contribution < 1.29 is 63.2 Å². The molecule has 0 saturated carbocycles. The van der Waals surface area contributed by atoms with Crippen molar-refractivity contribution in [3.63, 3.8) is 0 Å². The summed E-state index contributed by atoms with van der Waals surface area (Å²) in [5.74, 6) is 3.64. The van der Waals surface area contributed by atoms with Gasteiger partial charge in [-0.15, -0.1) is 0 Å². The molecule has 7 aromatic rings. The summed E-state index contributed by atoms with van der Waals surface area (Å²) >= 11 is 0. The molecule has 0 aliphatic carbocycles. The third-order valence-corrected chi connectivity index (χ3v) is 14.5. The fourth-order valence-corrected chi connectivity index (χ4v) is 11.8. The Morgan fingerprint density at radius 3 is 1.03 bits per heavy atom. The van der Waals surface area contributed by atoms with E-state index in [0.29, 0.717) is 5.92 Å². The van der Waals surface area contributed by atoms with E-state index in [9.17, 15) is 0 Å². The summed E-state index contributed by atoms with van der Waals surface area (Å²) in [7, 11) is -1.94. The molecule has 0 atom stereocenters. The predicted octanol–water partition coefficient (Wildman–Crippen LogP) is 5.47. The second-order valence-corrected chi connectivity index (χ2v) is 17.8. The van der Waals surface area contributed by atoms with Crippen LogP contribution >= 0.6 is 29.3 Å². The van der Waals surface area contributed by atoms with E-state index in [1.807, 2.05) is 0 Å². The number of benzene rings is 7. The van der Waals surface area contributed by atoms with E-state index < -0.39 is 15.8 Å². The number of ether oxygens (including phenoxy) is 4. The molecule has 9 rings (SSSR count). The molecular formula is C51H56Cl2O4P2RuS. The second kappa shape index (κ2) is 25.9. The molecule has 2 aliphatic rings. The molecule has 4 nitrogen and oxygen atoms in total. The van der Waals surface area contributed by atoms with Gasteiger partial charge in [-0.2, -0.15) is 13.5 Å². The predicted molar refractivity (Wildman–Crippen MR) is 257 cm³/mol. The number of halogens is 2. The van der Waals surface area contributed by atoms with Gasteiger partial charge in [0.05, 0.1) is 0 Å². The zero-order valence-electron chi connectivity index (χ0n) is 32.3. The normalized spacial score (nSPS) is 11.1. The Morgan fingerprint density at radius 2 is 0.738 bits per heavy atom. The van der Waals surface area contributed by atoms with E-state index >= 15 is 0 Å². The maximum Gasteiger partial charge on any atom is 2.00 e. The molecule has 2 aliphatic heterocycles. The maximum atomic E-state index is 6.35. The van der Waals surface area contributed by atoms with Crippen molar-refractivity contribution in [2.45, 2.75) is 49.0 Å². The van der Waals surface area contributed by atoms with Gasteiger partial charge in [-0.05, 0) is 90.3 Å². The number of rotatable bonds is 8. The third kappa shape index (κ3) is 12.2. The first-order valence-corrected chi connectivity index (χ1v) is 21.0. The molecule has 0 radical (unpaired) electrons. The topological polar surface area (TPSA) is 36.9 Å². The van der Waals surface area contributed by atoms with Gasteiger partial charge in [0.1, 0.15) is 0 Å². The molecule has 0 N–H and O–H groups in total. The van der Waals surface area contributed by atoms with Crippen LogP contribution in [0.5, 0.6) is 23.0 Å². The molecule has 0 unspecified atom stereocenters. The molecule has 7 aromatic carbocycles. The molecule has 0 aromatic heterocycles. The van der Waals surface area contributed by atoms with Gasteiger partial charge in [0, 0.05) is 11.1 Å². The van der Waals surface area contributed by atoms with Gasteiger partial charge < -0.3 is 43.8 Å². The Labute approximate surface area is 399 Å². The molecular weight excluding hydrogens is 943 g/mol. The molecule has 0 bridgehead atoms. The smallest absolute Gasteiger partial charge is 1.00 e. The zero-order chi connectivity index (χ0) is 36.9. The molecule has 61 heavy (non-hydrogen) atoms. The summed E-state index contributed by atoms with van der Waals surface area (Å²) in [4.78, 5) is 0. The van der Waals surface area contributed by atoms with Crippen LogP contribution in [0, 0.1) is 6.92 Å². The molecule has 0 spiro atoms. The fourth-order valence-electron chi connectivity index (χ4n) is 6.89. The van der Waals surface area contributed by atoms with Crippen molar-refractivity contribution in [3.05, 3.63) is 181 Å². The quantitative estimate of drug-likeness (QED) is 0.150. The van der Waals surface area contributed by atoms with E-state index in [1.165, 1.54) is 43.0 Å². The number of hydrogen-bond acceptors (Lipinski definition) is 4. The zero-order valence-corrected chi connectivity index (χ0v) is 38.3. The number of fused-ring (bicyclic) bond motifs is 2. The van der Waals surface area contributed by atoms with Crippen molar-refractivity contribution >= 4 is 61.2 Å². The van der Waals surface area contributed by atoms with Crippen molar-refractivity contribution in [2.75, 3.05) is 13.6 Å². The standard InChI is InChI=1S/C38H28O4P2.C10H14.3CH4.2ClH.Ru.H2S/c1-5-13-27(14-6-1)43(28-15-7-2-8-16-28)33-23-21-31-37(41-25-39-31)35(33)36-34(24-22-32-38(36)42-26-40-32)44(29-17-9-3-10-18-29)30-19-11-4-12-20-30;1-8(2)10-6-4-9(3)5-7-10;;;;;;;/h1-24H,25-26H2;4-8H,1-3H3;3*1H4;2*1H;;1H2/q;;;;;;;+2;/p-2. The maximum absolute atomic E-state index is 6.35. The van der Waals surface area contributed by atoms with Crippen LogP contribution in [0.4, 0.5) is 0 Å². The largest absolute Gasteiger partial charge is 2.00 e. The van der Waals surface area contributed by atoms with Crippen LogP contribution in [0.3, 0.4) is 0 Å². The summed E-state index contributed by atoms with van der Waals surface area (Å²) in [6, 6.07) is 60.3. The van der Waals surface area contributed by atoms with E-state index in [2.05, 4.69) is 191 Å². The molecule has 10 heteroatoms. The Hall–Kier alpha value is -3.85.